The lowest BCUT2D eigenvalue weighted by Gasteiger charge is -2.44. The molecule has 3 rings (SSSR count). The highest BCUT2D eigenvalue weighted by Crippen LogP contribution is 2.28. The molecule has 2 aliphatic rings. The Labute approximate surface area is 148 Å². The predicted molar refractivity (Wildman–Crippen MR) is 94.8 cm³/mol. The quantitative estimate of drug-likeness (QED) is 0.806. The number of hydrogen-bond acceptors (Lipinski definition) is 5. The van der Waals surface area contributed by atoms with E-state index in [4.69, 9.17) is 5.26 Å². The summed E-state index contributed by atoms with van der Waals surface area (Å²) in [6.45, 7) is 6.30. The van der Waals surface area contributed by atoms with E-state index in [1.165, 1.54) is 0 Å². The predicted octanol–water partition coefficient (Wildman–Crippen LogP) is 1.14. The summed E-state index contributed by atoms with van der Waals surface area (Å²) < 4.78 is 24.4. The maximum Gasteiger partial charge on any atom is 0.254 e. The number of piperazine rings is 1. The van der Waals surface area contributed by atoms with Crippen molar-refractivity contribution in [3.05, 3.63) is 35.4 Å². The van der Waals surface area contributed by atoms with Gasteiger partial charge in [-0.1, -0.05) is 13.8 Å². The molecule has 2 aliphatic heterocycles. The molecule has 0 saturated carbocycles. The number of amides is 1. The molecule has 2 saturated heterocycles. The monoisotopic (exact) mass is 361 g/mol. The Morgan fingerprint density at radius 2 is 1.84 bits per heavy atom. The highest BCUT2D eigenvalue weighted by Gasteiger charge is 2.48. The molecule has 0 bridgehead atoms. The first-order valence-electron chi connectivity index (χ1n) is 8.56. The van der Waals surface area contributed by atoms with Gasteiger partial charge in [-0.15, -0.1) is 0 Å². The van der Waals surface area contributed by atoms with Gasteiger partial charge in [-0.3, -0.25) is 9.69 Å². The number of carbonyl (C=O) groups is 1. The first-order chi connectivity index (χ1) is 11.8. The molecular formula is C18H23N3O3S. The van der Waals surface area contributed by atoms with E-state index >= 15 is 0 Å². The van der Waals surface area contributed by atoms with Gasteiger partial charge in [0.2, 0.25) is 0 Å². The molecule has 1 aromatic rings. The van der Waals surface area contributed by atoms with Crippen molar-refractivity contribution >= 4 is 15.7 Å². The van der Waals surface area contributed by atoms with E-state index in [0.717, 1.165) is 6.54 Å². The average Bonchev–Trinajstić information content (AvgIpc) is 2.90. The fraction of sp³-hybridized carbons (Fsp3) is 0.556. The molecule has 2 atom stereocenters. The summed E-state index contributed by atoms with van der Waals surface area (Å²) in [5, 5.41) is 8.88. The Morgan fingerprint density at radius 1 is 1.20 bits per heavy atom. The zero-order chi connectivity index (χ0) is 18.2. The lowest BCUT2D eigenvalue weighted by Crippen LogP contribution is -2.61. The molecule has 7 heteroatoms. The van der Waals surface area contributed by atoms with Crippen molar-refractivity contribution in [1.82, 2.24) is 9.80 Å². The molecule has 0 unspecified atom stereocenters. The third-order valence-corrected chi connectivity index (χ3v) is 6.61. The first-order valence-corrected chi connectivity index (χ1v) is 10.4. The fourth-order valence-corrected chi connectivity index (χ4v) is 5.84. The van der Waals surface area contributed by atoms with Gasteiger partial charge in [0, 0.05) is 31.2 Å². The number of rotatable bonds is 3. The summed E-state index contributed by atoms with van der Waals surface area (Å²) in [5.74, 6) is 0.459. The zero-order valence-corrected chi connectivity index (χ0v) is 15.4. The Bertz CT molecular complexity index is 796. The molecular weight excluding hydrogens is 338 g/mol. The molecule has 1 aromatic carbocycles. The van der Waals surface area contributed by atoms with Crippen LogP contribution in [0, 0.1) is 17.2 Å². The van der Waals surface area contributed by atoms with Crippen LogP contribution in [0.15, 0.2) is 24.3 Å². The van der Waals surface area contributed by atoms with Crippen molar-refractivity contribution in [2.24, 2.45) is 5.92 Å². The van der Waals surface area contributed by atoms with Crippen LogP contribution in [0.3, 0.4) is 0 Å². The number of hydrogen-bond donors (Lipinski definition) is 0. The van der Waals surface area contributed by atoms with Crippen LogP contribution >= 0.6 is 0 Å². The van der Waals surface area contributed by atoms with Crippen molar-refractivity contribution in [1.29, 1.82) is 5.26 Å². The zero-order valence-electron chi connectivity index (χ0n) is 14.6. The standard InChI is InChI=1S/C18H23N3O3S/c1-13(2)10-20-7-8-21(17-12-25(23,24)11-16(17)20)18(22)15-5-3-14(9-19)4-6-15/h3-6,13,16-17H,7-8,10-12H2,1-2H3/t16-,17+/m0/s1. The van der Waals surface area contributed by atoms with Crippen molar-refractivity contribution in [3.8, 4) is 6.07 Å². The first kappa shape index (κ1) is 17.9. The summed E-state index contributed by atoms with van der Waals surface area (Å²) in [5.41, 5.74) is 0.999. The van der Waals surface area contributed by atoms with E-state index < -0.39 is 9.84 Å². The molecule has 0 spiro atoms. The van der Waals surface area contributed by atoms with Gasteiger partial charge in [-0.2, -0.15) is 5.26 Å². The number of sulfone groups is 1. The van der Waals surface area contributed by atoms with Crippen LogP contribution in [0.4, 0.5) is 0 Å². The minimum absolute atomic E-state index is 0.0360. The number of nitrogens with zero attached hydrogens (tertiary/aromatic N) is 3. The molecule has 25 heavy (non-hydrogen) atoms. The maximum absolute atomic E-state index is 12.9. The molecule has 0 N–H and O–H groups in total. The summed E-state index contributed by atoms with van der Waals surface area (Å²) in [4.78, 5) is 16.9. The number of nitriles is 1. The third kappa shape index (κ3) is 3.70. The van der Waals surface area contributed by atoms with Crippen molar-refractivity contribution < 1.29 is 13.2 Å². The van der Waals surface area contributed by atoms with Gasteiger partial charge >= 0.3 is 0 Å². The van der Waals surface area contributed by atoms with E-state index in [2.05, 4.69) is 18.7 Å². The van der Waals surface area contributed by atoms with Gasteiger partial charge in [0.1, 0.15) is 0 Å². The highest BCUT2D eigenvalue weighted by molar-refractivity contribution is 7.91. The Kier molecular flexibility index (Phi) is 4.85. The van der Waals surface area contributed by atoms with E-state index in [1.54, 1.807) is 29.2 Å². The number of fused-ring (bicyclic) bond motifs is 1. The molecule has 6 nitrogen and oxygen atoms in total. The van der Waals surface area contributed by atoms with Gasteiger partial charge in [0.15, 0.2) is 9.84 Å². The average molecular weight is 361 g/mol. The third-order valence-electron chi connectivity index (χ3n) is 4.91. The largest absolute Gasteiger partial charge is 0.332 e. The van der Waals surface area contributed by atoms with Crippen LogP contribution in [0.2, 0.25) is 0 Å². The van der Waals surface area contributed by atoms with E-state index in [0.29, 0.717) is 30.1 Å². The fourth-order valence-electron chi connectivity index (χ4n) is 3.83. The molecule has 134 valence electrons. The second-order valence-corrected chi connectivity index (χ2v) is 9.44. The summed E-state index contributed by atoms with van der Waals surface area (Å²) >= 11 is 0. The van der Waals surface area contributed by atoms with Crippen LogP contribution in [0.1, 0.15) is 29.8 Å². The molecule has 1 amide bonds. The molecule has 0 aromatic heterocycles. The van der Waals surface area contributed by atoms with E-state index in [-0.39, 0.29) is 29.5 Å². The Balaban J connectivity index is 1.84. The highest BCUT2D eigenvalue weighted by atomic mass is 32.2. The normalized spacial score (nSPS) is 25.6. The van der Waals surface area contributed by atoms with E-state index in [9.17, 15) is 13.2 Å². The smallest absolute Gasteiger partial charge is 0.254 e. The molecule has 2 fully saturated rings. The lowest BCUT2D eigenvalue weighted by molar-refractivity contribution is 0.0297. The topological polar surface area (TPSA) is 81.5 Å². The van der Waals surface area contributed by atoms with E-state index in [1.807, 2.05) is 6.07 Å². The van der Waals surface area contributed by atoms with Crippen LogP contribution in [-0.4, -0.2) is 67.3 Å². The Hall–Kier alpha value is -1.91. The summed E-state index contributed by atoms with van der Waals surface area (Å²) in [7, 11) is -3.14. The van der Waals surface area contributed by atoms with Crippen LogP contribution < -0.4 is 0 Å². The second kappa shape index (κ2) is 6.77. The number of benzene rings is 1. The molecule has 2 heterocycles. The van der Waals surface area contributed by atoms with Gasteiger partial charge in [-0.05, 0) is 30.2 Å². The second-order valence-electron chi connectivity index (χ2n) is 7.29. The van der Waals surface area contributed by atoms with Crippen molar-refractivity contribution in [2.75, 3.05) is 31.1 Å². The van der Waals surface area contributed by atoms with Crippen LogP contribution in [-0.2, 0) is 9.84 Å². The SMILES string of the molecule is CC(C)CN1CCN(C(=O)c2ccc(C#N)cc2)[C@@H]2CS(=O)(=O)C[C@@H]21. The Morgan fingerprint density at radius 3 is 2.44 bits per heavy atom. The number of carbonyl (C=O) groups excluding carboxylic acids is 1. The van der Waals surface area contributed by atoms with Crippen LogP contribution in [0.25, 0.3) is 0 Å². The summed E-state index contributed by atoms with van der Waals surface area (Å²) in [6, 6.07) is 8.13. The summed E-state index contributed by atoms with van der Waals surface area (Å²) in [6.07, 6.45) is 0. The van der Waals surface area contributed by atoms with Gasteiger partial charge in [-0.25, -0.2) is 8.42 Å². The van der Waals surface area contributed by atoms with Gasteiger partial charge in [0.05, 0.1) is 29.2 Å². The minimum atomic E-state index is -3.14. The maximum atomic E-state index is 12.9. The lowest BCUT2D eigenvalue weighted by atomic mass is 10.0. The van der Waals surface area contributed by atoms with Crippen molar-refractivity contribution in [3.63, 3.8) is 0 Å². The van der Waals surface area contributed by atoms with Crippen LogP contribution in [0.5, 0.6) is 0 Å². The van der Waals surface area contributed by atoms with Gasteiger partial charge < -0.3 is 4.90 Å². The molecule has 0 radical (unpaired) electrons. The van der Waals surface area contributed by atoms with Crippen molar-refractivity contribution in [2.45, 2.75) is 25.9 Å². The molecule has 0 aliphatic carbocycles. The van der Waals surface area contributed by atoms with Gasteiger partial charge in [0.25, 0.3) is 5.91 Å². The minimum Gasteiger partial charge on any atom is -0.332 e.